The summed E-state index contributed by atoms with van der Waals surface area (Å²) >= 11 is 0. The van der Waals surface area contributed by atoms with Gasteiger partial charge in [0.05, 0.1) is 11.2 Å². The van der Waals surface area contributed by atoms with Crippen LogP contribution in [0.5, 0.6) is 0 Å². The number of rotatable bonds is 6. The third-order valence-electron chi connectivity index (χ3n) is 3.70. The van der Waals surface area contributed by atoms with E-state index in [0.717, 1.165) is 38.8 Å². The molecule has 0 aromatic heterocycles. The highest BCUT2D eigenvalue weighted by Crippen LogP contribution is 2.34. The van der Waals surface area contributed by atoms with Crippen molar-refractivity contribution in [2.45, 2.75) is 45.6 Å². The van der Waals surface area contributed by atoms with Gasteiger partial charge in [0, 0.05) is 12.3 Å². The van der Waals surface area contributed by atoms with Crippen LogP contribution in [0.15, 0.2) is 0 Å². The quantitative estimate of drug-likeness (QED) is 0.755. The highest BCUT2D eigenvalue weighted by molar-refractivity contribution is 7.90. The van der Waals surface area contributed by atoms with Crippen molar-refractivity contribution in [1.82, 2.24) is 10.6 Å². The molecule has 1 aliphatic heterocycles. The van der Waals surface area contributed by atoms with E-state index in [1.54, 1.807) is 6.92 Å². The third kappa shape index (κ3) is 5.10. The predicted octanol–water partition coefficient (Wildman–Crippen LogP) is 0.706. The Hall–Kier alpha value is -0.620. The van der Waals surface area contributed by atoms with Gasteiger partial charge in [-0.05, 0) is 39.3 Å². The first-order chi connectivity index (χ1) is 8.79. The van der Waals surface area contributed by atoms with Crippen molar-refractivity contribution in [1.29, 1.82) is 0 Å². The number of amides is 1. The van der Waals surface area contributed by atoms with E-state index in [2.05, 4.69) is 17.6 Å². The molecule has 1 saturated heterocycles. The maximum atomic E-state index is 12.5. The van der Waals surface area contributed by atoms with Crippen molar-refractivity contribution in [3.63, 3.8) is 0 Å². The van der Waals surface area contributed by atoms with Crippen molar-refractivity contribution >= 4 is 15.7 Å². The van der Waals surface area contributed by atoms with Crippen molar-refractivity contribution in [2.24, 2.45) is 5.41 Å². The molecule has 2 N–H and O–H groups in total. The highest BCUT2D eigenvalue weighted by Gasteiger charge is 2.39. The maximum absolute atomic E-state index is 12.5. The summed E-state index contributed by atoms with van der Waals surface area (Å²) in [4.78, 5) is 12.5. The van der Waals surface area contributed by atoms with Crippen LogP contribution >= 0.6 is 0 Å². The zero-order valence-electron chi connectivity index (χ0n) is 12.2. The minimum atomic E-state index is -3.06. The fourth-order valence-corrected chi connectivity index (χ4v) is 3.84. The molecular weight excluding hydrogens is 264 g/mol. The smallest absolute Gasteiger partial charge is 0.226 e. The summed E-state index contributed by atoms with van der Waals surface area (Å²) in [6.07, 6.45) is 4.69. The summed E-state index contributed by atoms with van der Waals surface area (Å²) in [6.45, 7) is 5.54. The predicted molar refractivity (Wildman–Crippen MR) is 76.8 cm³/mol. The molecule has 0 aliphatic carbocycles. The SMILES string of the molecule is CCCC1(C(=O)NC(C)CS(C)(=O)=O)CCNCC1. The number of carbonyl (C=O) groups is 1. The van der Waals surface area contributed by atoms with Crippen LogP contribution in [0, 0.1) is 5.41 Å². The van der Waals surface area contributed by atoms with Gasteiger partial charge < -0.3 is 10.6 Å². The van der Waals surface area contributed by atoms with Crippen molar-refractivity contribution in [2.75, 3.05) is 25.1 Å². The molecule has 0 bridgehead atoms. The zero-order chi connectivity index (χ0) is 14.5. The van der Waals surface area contributed by atoms with E-state index in [1.807, 2.05) is 0 Å². The molecule has 1 aliphatic rings. The van der Waals surface area contributed by atoms with Crippen LogP contribution in [0.3, 0.4) is 0 Å². The van der Waals surface area contributed by atoms with Crippen LogP contribution in [0.25, 0.3) is 0 Å². The lowest BCUT2D eigenvalue weighted by Crippen LogP contribution is -2.50. The molecule has 1 fully saturated rings. The number of hydrogen-bond acceptors (Lipinski definition) is 4. The Kier molecular flexibility index (Phi) is 5.80. The lowest BCUT2D eigenvalue weighted by atomic mass is 9.74. The average Bonchev–Trinajstić information content (AvgIpc) is 2.27. The Morgan fingerprint density at radius 3 is 2.42 bits per heavy atom. The molecule has 112 valence electrons. The molecule has 19 heavy (non-hydrogen) atoms. The third-order valence-corrected chi connectivity index (χ3v) is 4.81. The number of nitrogens with one attached hydrogen (secondary N) is 2. The van der Waals surface area contributed by atoms with Gasteiger partial charge in [-0.15, -0.1) is 0 Å². The minimum absolute atomic E-state index is 0.000799. The van der Waals surface area contributed by atoms with Gasteiger partial charge in [-0.3, -0.25) is 4.79 Å². The molecule has 0 saturated carbocycles. The second-order valence-electron chi connectivity index (χ2n) is 5.75. The van der Waals surface area contributed by atoms with Gasteiger partial charge in [0.2, 0.25) is 5.91 Å². The van der Waals surface area contributed by atoms with Crippen LogP contribution < -0.4 is 10.6 Å². The summed E-state index contributed by atoms with van der Waals surface area (Å²) in [5.41, 5.74) is -0.314. The largest absolute Gasteiger partial charge is 0.352 e. The Labute approximate surface area is 116 Å². The van der Waals surface area contributed by atoms with Crippen molar-refractivity contribution < 1.29 is 13.2 Å². The topological polar surface area (TPSA) is 75.3 Å². The molecule has 0 spiro atoms. The molecule has 0 aromatic carbocycles. The number of piperidine rings is 1. The summed E-state index contributed by atoms with van der Waals surface area (Å²) in [7, 11) is -3.06. The van der Waals surface area contributed by atoms with Gasteiger partial charge in [-0.1, -0.05) is 13.3 Å². The zero-order valence-corrected chi connectivity index (χ0v) is 13.0. The van der Waals surface area contributed by atoms with E-state index in [0.29, 0.717) is 0 Å². The first-order valence-corrected chi connectivity index (χ1v) is 9.04. The minimum Gasteiger partial charge on any atom is -0.352 e. The number of sulfone groups is 1. The van der Waals surface area contributed by atoms with Crippen LogP contribution in [0.4, 0.5) is 0 Å². The van der Waals surface area contributed by atoms with E-state index in [4.69, 9.17) is 0 Å². The molecule has 0 aromatic rings. The molecule has 5 nitrogen and oxygen atoms in total. The van der Waals surface area contributed by atoms with Crippen molar-refractivity contribution in [3.8, 4) is 0 Å². The Bertz CT molecular complexity index is 395. The molecule has 1 amide bonds. The van der Waals surface area contributed by atoms with Crippen molar-refractivity contribution in [3.05, 3.63) is 0 Å². The molecule has 6 heteroatoms. The second kappa shape index (κ2) is 6.70. The molecule has 1 rings (SSSR count). The molecule has 1 atom stereocenters. The van der Waals surface area contributed by atoms with Crippen LogP contribution in [-0.4, -0.2) is 45.5 Å². The van der Waals surface area contributed by atoms with E-state index in [1.165, 1.54) is 6.26 Å². The Morgan fingerprint density at radius 2 is 1.95 bits per heavy atom. The van der Waals surface area contributed by atoms with Crippen LogP contribution in [-0.2, 0) is 14.6 Å². The molecule has 1 unspecified atom stereocenters. The van der Waals surface area contributed by atoms with Gasteiger partial charge in [-0.25, -0.2) is 8.42 Å². The van der Waals surface area contributed by atoms with Gasteiger partial charge in [-0.2, -0.15) is 0 Å². The maximum Gasteiger partial charge on any atom is 0.226 e. The average molecular weight is 290 g/mol. The lowest BCUT2D eigenvalue weighted by Gasteiger charge is -2.37. The Morgan fingerprint density at radius 1 is 1.37 bits per heavy atom. The fourth-order valence-electron chi connectivity index (χ4n) is 2.85. The van der Waals surface area contributed by atoms with Gasteiger partial charge in [0.1, 0.15) is 9.84 Å². The molecular formula is C13H26N2O3S. The fraction of sp³-hybridized carbons (Fsp3) is 0.923. The second-order valence-corrected chi connectivity index (χ2v) is 7.93. The van der Waals surface area contributed by atoms with Gasteiger partial charge >= 0.3 is 0 Å². The van der Waals surface area contributed by atoms with Gasteiger partial charge in [0.25, 0.3) is 0 Å². The van der Waals surface area contributed by atoms with E-state index in [9.17, 15) is 13.2 Å². The number of hydrogen-bond donors (Lipinski definition) is 2. The summed E-state index contributed by atoms with van der Waals surface area (Å²) in [6, 6.07) is -0.328. The first kappa shape index (κ1) is 16.4. The first-order valence-electron chi connectivity index (χ1n) is 6.98. The summed E-state index contributed by atoms with van der Waals surface area (Å²) < 4.78 is 22.5. The summed E-state index contributed by atoms with van der Waals surface area (Å²) in [5.74, 6) is 0.0196. The van der Waals surface area contributed by atoms with Gasteiger partial charge in [0.15, 0.2) is 0 Å². The van der Waals surface area contributed by atoms with Crippen LogP contribution in [0.1, 0.15) is 39.5 Å². The highest BCUT2D eigenvalue weighted by atomic mass is 32.2. The normalized spacial score (nSPS) is 20.8. The van der Waals surface area contributed by atoms with E-state index >= 15 is 0 Å². The van der Waals surface area contributed by atoms with Crippen LogP contribution in [0.2, 0.25) is 0 Å². The van der Waals surface area contributed by atoms with E-state index in [-0.39, 0.29) is 23.1 Å². The Balaban J connectivity index is 2.67. The lowest BCUT2D eigenvalue weighted by molar-refractivity contribution is -0.133. The van der Waals surface area contributed by atoms with E-state index < -0.39 is 9.84 Å². The number of carbonyl (C=O) groups excluding carboxylic acids is 1. The monoisotopic (exact) mass is 290 g/mol. The standard InChI is InChI=1S/C13H26N2O3S/c1-4-5-13(6-8-14-9-7-13)12(16)15-11(2)10-19(3,17)18/h11,14H,4-10H2,1-3H3,(H,15,16). The molecule has 1 heterocycles. The summed E-state index contributed by atoms with van der Waals surface area (Å²) in [5, 5.41) is 6.15. The molecule has 0 radical (unpaired) electrons.